The van der Waals surface area contributed by atoms with Crippen molar-refractivity contribution in [2.24, 2.45) is 0 Å². The van der Waals surface area contributed by atoms with Gasteiger partial charge in [-0.2, -0.15) is 0 Å². The van der Waals surface area contributed by atoms with E-state index in [9.17, 15) is 19.8 Å². The lowest BCUT2D eigenvalue weighted by molar-refractivity contribution is -0.151. The van der Waals surface area contributed by atoms with Crippen LogP contribution in [-0.2, 0) is 14.3 Å². The number of ether oxygens (including phenoxy) is 1. The fourth-order valence-corrected chi connectivity index (χ4v) is 6.32. The van der Waals surface area contributed by atoms with E-state index in [2.05, 4.69) is 86.8 Å². The summed E-state index contributed by atoms with van der Waals surface area (Å²) in [6.07, 6.45) is 57.6. The van der Waals surface area contributed by atoms with E-state index < -0.39 is 18.2 Å². The molecule has 3 N–H and O–H groups in total. The van der Waals surface area contributed by atoms with Gasteiger partial charge in [0, 0.05) is 6.42 Å². The lowest BCUT2D eigenvalue weighted by Crippen LogP contribution is -2.46. The van der Waals surface area contributed by atoms with Crippen LogP contribution in [0.2, 0.25) is 0 Å². The summed E-state index contributed by atoms with van der Waals surface area (Å²) in [6.45, 7) is 6.16. The number of rotatable bonds is 39. The van der Waals surface area contributed by atoms with Gasteiger partial charge in [-0.05, 0) is 77.0 Å². The number of unbranched alkanes of at least 4 members (excludes halogenated alkanes) is 14. The molecule has 324 valence electrons. The monoisotopic (exact) mass is 792 g/mol. The van der Waals surface area contributed by atoms with Crippen LogP contribution in [0.5, 0.6) is 0 Å². The minimum atomic E-state index is -0.814. The number of nitrogens with one attached hydrogen (secondary N) is 1. The van der Waals surface area contributed by atoms with Crippen molar-refractivity contribution in [3.8, 4) is 0 Å². The quantitative estimate of drug-likeness (QED) is 0.0249. The summed E-state index contributed by atoms with van der Waals surface area (Å²) >= 11 is 0. The van der Waals surface area contributed by atoms with E-state index in [1.54, 1.807) is 0 Å². The molecule has 0 aromatic heterocycles. The number of amides is 1. The van der Waals surface area contributed by atoms with Crippen LogP contribution in [0.15, 0.2) is 97.2 Å². The molecule has 0 rings (SSSR count). The predicted octanol–water partition coefficient (Wildman–Crippen LogP) is 13.4. The zero-order valence-electron chi connectivity index (χ0n) is 36.7. The molecule has 3 unspecified atom stereocenters. The van der Waals surface area contributed by atoms with Crippen molar-refractivity contribution in [2.75, 3.05) is 6.61 Å². The van der Waals surface area contributed by atoms with Gasteiger partial charge in [-0.15, -0.1) is 0 Å². The first kappa shape index (κ1) is 53.8. The Labute approximate surface area is 350 Å². The van der Waals surface area contributed by atoms with Gasteiger partial charge in [-0.25, -0.2) is 0 Å². The zero-order chi connectivity index (χ0) is 41.7. The number of esters is 1. The second-order valence-electron chi connectivity index (χ2n) is 15.1. The molecule has 0 aliphatic heterocycles. The van der Waals surface area contributed by atoms with Crippen LogP contribution >= 0.6 is 0 Å². The van der Waals surface area contributed by atoms with Crippen molar-refractivity contribution >= 4 is 11.9 Å². The number of hydrogen-bond donors (Lipinski definition) is 3. The van der Waals surface area contributed by atoms with E-state index in [1.165, 1.54) is 51.4 Å². The normalized spacial score (nSPS) is 14.3. The maximum atomic E-state index is 13.1. The van der Waals surface area contributed by atoms with Crippen molar-refractivity contribution in [3.05, 3.63) is 97.2 Å². The number of allylic oxidation sites excluding steroid dienone is 16. The summed E-state index contributed by atoms with van der Waals surface area (Å²) in [5, 5.41) is 23.6. The molecule has 0 aliphatic carbocycles. The highest BCUT2D eigenvalue weighted by Gasteiger charge is 2.24. The predicted molar refractivity (Wildman–Crippen MR) is 245 cm³/mol. The van der Waals surface area contributed by atoms with E-state index in [-0.39, 0.29) is 24.9 Å². The summed E-state index contributed by atoms with van der Waals surface area (Å²) in [4.78, 5) is 26.0. The van der Waals surface area contributed by atoms with Crippen LogP contribution in [0, 0.1) is 0 Å². The molecule has 0 saturated carbocycles. The average Bonchev–Trinajstić information content (AvgIpc) is 3.20. The Bertz CT molecular complexity index is 1160. The van der Waals surface area contributed by atoms with Crippen LogP contribution in [0.3, 0.4) is 0 Å². The van der Waals surface area contributed by atoms with Crippen LogP contribution < -0.4 is 5.32 Å². The fraction of sp³-hybridized carbons (Fsp3) is 0.647. The molecule has 0 saturated heterocycles. The molecule has 0 aliphatic rings. The molecule has 0 aromatic carbocycles. The van der Waals surface area contributed by atoms with E-state index in [1.807, 2.05) is 36.5 Å². The number of aliphatic hydroxyl groups is 2. The van der Waals surface area contributed by atoms with Gasteiger partial charge in [0.15, 0.2) is 0 Å². The Balaban J connectivity index is 4.73. The van der Waals surface area contributed by atoms with Crippen molar-refractivity contribution in [1.82, 2.24) is 5.32 Å². The molecule has 3 atom stereocenters. The molecular formula is C51H85NO5. The summed E-state index contributed by atoms with van der Waals surface area (Å²) in [6, 6.07) is -0.733. The highest BCUT2D eigenvalue weighted by atomic mass is 16.5. The van der Waals surface area contributed by atoms with E-state index in [0.717, 1.165) is 89.9 Å². The molecule has 0 bridgehead atoms. The summed E-state index contributed by atoms with van der Waals surface area (Å²) in [5.41, 5.74) is 0. The van der Waals surface area contributed by atoms with Gasteiger partial charge in [-0.1, -0.05) is 195 Å². The van der Waals surface area contributed by atoms with Gasteiger partial charge < -0.3 is 20.3 Å². The zero-order valence-corrected chi connectivity index (χ0v) is 36.7. The summed E-state index contributed by atoms with van der Waals surface area (Å²) in [7, 11) is 0. The lowest BCUT2D eigenvalue weighted by atomic mass is 10.0. The smallest absolute Gasteiger partial charge is 0.306 e. The van der Waals surface area contributed by atoms with Gasteiger partial charge >= 0.3 is 5.97 Å². The molecule has 6 heteroatoms. The van der Waals surface area contributed by atoms with Crippen LogP contribution in [0.1, 0.15) is 188 Å². The molecule has 0 radical (unpaired) electrons. The molecule has 57 heavy (non-hydrogen) atoms. The average molecular weight is 792 g/mol. The molecule has 0 aromatic rings. The van der Waals surface area contributed by atoms with Crippen molar-refractivity contribution in [2.45, 2.75) is 206 Å². The van der Waals surface area contributed by atoms with Crippen molar-refractivity contribution in [3.63, 3.8) is 0 Å². The fourth-order valence-electron chi connectivity index (χ4n) is 6.32. The SMILES string of the molecule is CC/C=C/C=C/C=C\C=C/CCCC(CC(=O)NC(CO)C(O)CCCCCCCCCCCCC)OC(=O)CCCCC/C=C/C/C=C/C/C=C/C/C=C/CC. The third kappa shape index (κ3) is 39.4. The Kier molecular flexibility index (Phi) is 41.4. The van der Waals surface area contributed by atoms with Gasteiger partial charge in [0.25, 0.3) is 0 Å². The second-order valence-corrected chi connectivity index (χ2v) is 15.1. The van der Waals surface area contributed by atoms with Crippen LogP contribution in [0.25, 0.3) is 0 Å². The van der Waals surface area contributed by atoms with Gasteiger partial charge in [0.1, 0.15) is 6.10 Å². The largest absolute Gasteiger partial charge is 0.462 e. The van der Waals surface area contributed by atoms with Crippen molar-refractivity contribution < 1.29 is 24.5 Å². The number of hydrogen-bond acceptors (Lipinski definition) is 5. The highest BCUT2D eigenvalue weighted by molar-refractivity contribution is 5.77. The molecule has 0 spiro atoms. The maximum Gasteiger partial charge on any atom is 0.306 e. The topological polar surface area (TPSA) is 95.9 Å². The first-order valence-electron chi connectivity index (χ1n) is 23.0. The third-order valence-electron chi connectivity index (χ3n) is 9.75. The molecular weight excluding hydrogens is 707 g/mol. The standard InChI is InChI=1S/C51H85NO5/c1-4-7-10-13-16-19-22-23-24-25-26-29-32-35-38-41-44-51(56)57-47(42-39-36-33-30-27-20-17-14-11-8-5-2)45-50(55)52-48(46-53)49(54)43-40-37-34-31-28-21-18-15-12-9-6-3/h7-8,10-11,14,16-17,19-20,23-24,26-27,29-30,33,47-49,53-54H,4-6,9,12-13,15,18,21-22,25,28,31-32,34-46H2,1-3H3,(H,52,55)/b10-7+,11-8+,17-14+,19-16+,24-23+,27-20-,29-26+,33-30-. The lowest BCUT2D eigenvalue weighted by Gasteiger charge is -2.24. The number of carbonyl (C=O) groups is 2. The summed E-state index contributed by atoms with van der Waals surface area (Å²) in [5.74, 6) is -0.591. The Morgan fingerprint density at radius 1 is 0.544 bits per heavy atom. The van der Waals surface area contributed by atoms with E-state index >= 15 is 0 Å². The van der Waals surface area contributed by atoms with Crippen LogP contribution in [-0.4, -0.2) is 46.9 Å². The van der Waals surface area contributed by atoms with Gasteiger partial charge in [-0.3, -0.25) is 9.59 Å². The Hall–Kier alpha value is -3.22. The van der Waals surface area contributed by atoms with E-state index in [4.69, 9.17) is 4.74 Å². The van der Waals surface area contributed by atoms with Crippen LogP contribution in [0.4, 0.5) is 0 Å². The second kappa shape index (κ2) is 43.9. The minimum Gasteiger partial charge on any atom is -0.462 e. The molecule has 6 nitrogen and oxygen atoms in total. The highest BCUT2D eigenvalue weighted by Crippen LogP contribution is 2.16. The maximum absolute atomic E-state index is 13.1. The van der Waals surface area contributed by atoms with Gasteiger partial charge in [0.05, 0.1) is 25.2 Å². The first-order chi connectivity index (χ1) is 28.0. The number of carbonyl (C=O) groups excluding carboxylic acids is 2. The Morgan fingerprint density at radius 3 is 1.65 bits per heavy atom. The van der Waals surface area contributed by atoms with Crippen molar-refractivity contribution in [1.29, 1.82) is 0 Å². The number of aliphatic hydroxyl groups excluding tert-OH is 2. The third-order valence-corrected chi connectivity index (χ3v) is 9.75. The van der Waals surface area contributed by atoms with E-state index in [0.29, 0.717) is 19.3 Å². The van der Waals surface area contributed by atoms with Gasteiger partial charge in [0.2, 0.25) is 5.91 Å². The molecule has 0 heterocycles. The summed E-state index contributed by atoms with van der Waals surface area (Å²) < 4.78 is 5.85. The molecule has 0 fully saturated rings. The minimum absolute atomic E-state index is 0.0128. The first-order valence-corrected chi connectivity index (χ1v) is 23.0. The molecule has 1 amide bonds. The Morgan fingerprint density at radius 2 is 1.05 bits per heavy atom.